The first-order valence-corrected chi connectivity index (χ1v) is 7.58. The minimum absolute atomic E-state index is 0.161. The average molecular weight is 255 g/mol. The van der Waals surface area contributed by atoms with Gasteiger partial charge in [-0.05, 0) is 62.4 Å². The van der Waals surface area contributed by atoms with Crippen molar-refractivity contribution >= 4 is 11.8 Å². The average Bonchev–Trinajstić information content (AvgIpc) is 2.32. The normalized spacial score (nSPS) is 12.6. The number of unbranched alkanes of at least 4 members (excludes halogenated alkanes) is 1. The Balaban J connectivity index is 2.16. The van der Waals surface area contributed by atoms with E-state index in [1.165, 1.54) is 36.3 Å². The van der Waals surface area contributed by atoms with Crippen LogP contribution in [0.15, 0.2) is 24.3 Å². The van der Waals surface area contributed by atoms with Gasteiger partial charge in [0.05, 0.1) is 0 Å². The molecule has 0 fully saturated rings. The highest BCUT2D eigenvalue weighted by Gasteiger charge is 2.02. The van der Waals surface area contributed by atoms with E-state index in [2.05, 4.69) is 18.5 Å². The van der Waals surface area contributed by atoms with Crippen molar-refractivity contribution in [2.75, 3.05) is 18.6 Å². The molecule has 1 N–H and O–H groups in total. The smallest absolute Gasteiger partial charge is 0.123 e. The van der Waals surface area contributed by atoms with Gasteiger partial charge in [0.25, 0.3) is 0 Å². The molecular formula is C14H22FNS. The van der Waals surface area contributed by atoms with Crippen LogP contribution in [0.4, 0.5) is 4.39 Å². The summed E-state index contributed by atoms with van der Waals surface area (Å²) in [5.41, 5.74) is 1.19. The molecule has 3 heteroatoms. The topological polar surface area (TPSA) is 12.0 Å². The van der Waals surface area contributed by atoms with Crippen molar-refractivity contribution < 1.29 is 4.39 Å². The van der Waals surface area contributed by atoms with Gasteiger partial charge in [-0.15, -0.1) is 0 Å². The molecule has 96 valence electrons. The summed E-state index contributed by atoms with van der Waals surface area (Å²) >= 11 is 1.90. The number of hydrogen-bond acceptors (Lipinski definition) is 2. The maximum atomic E-state index is 12.7. The molecule has 1 rings (SSSR count). The predicted molar refractivity (Wildman–Crippen MR) is 75.2 cm³/mol. The van der Waals surface area contributed by atoms with Crippen LogP contribution in [-0.2, 0) is 6.42 Å². The van der Waals surface area contributed by atoms with Gasteiger partial charge >= 0.3 is 0 Å². The Morgan fingerprint density at radius 1 is 1.24 bits per heavy atom. The van der Waals surface area contributed by atoms with Crippen molar-refractivity contribution in [3.63, 3.8) is 0 Å². The van der Waals surface area contributed by atoms with E-state index in [1.54, 1.807) is 0 Å². The molecule has 0 aliphatic carbocycles. The van der Waals surface area contributed by atoms with Crippen LogP contribution in [0, 0.1) is 5.82 Å². The minimum atomic E-state index is -0.161. The standard InChI is InChI=1S/C14H22FNS/c1-12(16-9-3-4-10-17-2)11-13-5-7-14(15)8-6-13/h5-8,12,16H,3-4,9-11H2,1-2H3. The zero-order valence-corrected chi connectivity index (χ0v) is 11.5. The number of thioether (sulfide) groups is 1. The molecule has 0 aliphatic rings. The quantitative estimate of drug-likeness (QED) is 0.714. The molecule has 0 amide bonds. The van der Waals surface area contributed by atoms with Crippen LogP contribution in [0.25, 0.3) is 0 Å². The summed E-state index contributed by atoms with van der Waals surface area (Å²) in [4.78, 5) is 0. The Kier molecular flexibility index (Phi) is 7.29. The number of benzene rings is 1. The lowest BCUT2D eigenvalue weighted by Crippen LogP contribution is -2.29. The number of hydrogen-bond donors (Lipinski definition) is 1. The molecule has 1 nitrogen and oxygen atoms in total. The number of nitrogens with one attached hydrogen (secondary N) is 1. The fourth-order valence-corrected chi connectivity index (χ4v) is 2.26. The van der Waals surface area contributed by atoms with E-state index in [0.29, 0.717) is 6.04 Å². The number of rotatable bonds is 8. The molecule has 17 heavy (non-hydrogen) atoms. The zero-order valence-electron chi connectivity index (χ0n) is 10.7. The summed E-state index contributed by atoms with van der Waals surface area (Å²) in [6.07, 6.45) is 5.61. The Morgan fingerprint density at radius 3 is 2.59 bits per heavy atom. The molecule has 1 aromatic rings. The van der Waals surface area contributed by atoms with E-state index in [9.17, 15) is 4.39 Å². The van der Waals surface area contributed by atoms with Gasteiger partial charge in [0.15, 0.2) is 0 Å². The zero-order chi connectivity index (χ0) is 12.5. The maximum Gasteiger partial charge on any atom is 0.123 e. The van der Waals surface area contributed by atoms with Crippen LogP contribution in [0.5, 0.6) is 0 Å². The number of halogens is 1. The first-order valence-electron chi connectivity index (χ1n) is 6.19. The van der Waals surface area contributed by atoms with Crippen molar-refractivity contribution in [1.29, 1.82) is 0 Å². The van der Waals surface area contributed by atoms with E-state index < -0.39 is 0 Å². The van der Waals surface area contributed by atoms with Gasteiger partial charge in [0.2, 0.25) is 0 Å². The van der Waals surface area contributed by atoms with Crippen LogP contribution < -0.4 is 5.32 Å². The van der Waals surface area contributed by atoms with Gasteiger partial charge in [-0.2, -0.15) is 11.8 Å². The van der Waals surface area contributed by atoms with E-state index in [-0.39, 0.29) is 5.82 Å². The SMILES string of the molecule is CSCCCCNC(C)Cc1ccc(F)cc1. The highest BCUT2D eigenvalue weighted by atomic mass is 32.2. The first kappa shape index (κ1) is 14.5. The molecule has 0 aliphatic heterocycles. The van der Waals surface area contributed by atoms with E-state index >= 15 is 0 Å². The third-order valence-electron chi connectivity index (χ3n) is 2.72. The Hall–Kier alpha value is -0.540. The lowest BCUT2D eigenvalue weighted by molar-refractivity contribution is 0.531. The van der Waals surface area contributed by atoms with Gasteiger partial charge in [-0.1, -0.05) is 12.1 Å². The fraction of sp³-hybridized carbons (Fsp3) is 0.571. The second-order valence-electron chi connectivity index (χ2n) is 4.39. The molecule has 1 atom stereocenters. The summed E-state index contributed by atoms with van der Waals surface area (Å²) in [6, 6.07) is 7.23. The fourth-order valence-electron chi connectivity index (χ4n) is 1.77. The predicted octanol–water partition coefficient (Wildman–Crippen LogP) is 3.49. The highest BCUT2D eigenvalue weighted by molar-refractivity contribution is 7.98. The Bertz CT molecular complexity index is 300. The molecule has 0 radical (unpaired) electrons. The van der Waals surface area contributed by atoms with Gasteiger partial charge < -0.3 is 5.32 Å². The monoisotopic (exact) mass is 255 g/mol. The third-order valence-corrected chi connectivity index (χ3v) is 3.42. The molecule has 0 spiro atoms. The lowest BCUT2D eigenvalue weighted by atomic mass is 10.1. The van der Waals surface area contributed by atoms with Crippen molar-refractivity contribution in [3.05, 3.63) is 35.6 Å². The molecule has 0 saturated carbocycles. The van der Waals surface area contributed by atoms with Gasteiger partial charge in [0, 0.05) is 6.04 Å². The van der Waals surface area contributed by atoms with Crippen LogP contribution >= 0.6 is 11.8 Å². The van der Waals surface area contributed by atoms with Crippen molar-refractivity contribution in [2.45, 2.75) is 32.2 Å². The molecule has 0 bridgehead atoms. The maximum absolute atomic E-state index is 12.7. The van der Waals surface area contributed by atoms with Crippen molar-refractivity contribution in [3.8, 4) is 0 Å². The third kappa shape index (κ3) is 6.69. The van der Waals surface area contributed by atoms with Crippen molar-refractivity contribution in [1.82, 2.24) is 5.32 Å². The van der Waals surface area contributed by atoms with E-state index in [4.69, 9.17) is 0 Å². The first-order chi connectivity index (χ1) is 8.22. The molecular weight excluding hydrogens is 233 g/mol. The molecule has 1 unspecified atom stereocenters. The summed E-state index contributed by atoms with van der Waals surface area (Å²) in [6.45, 7) is 3.25. The van der Waals surface area contributed by atoms with E-state index in [0.717, 1.165) is 13.0 Å². The minimum Gasteiger partial charge on any atom is -0.314 e. The molecule has 1 aromatic carbocycles. The van der Waals surface area contributed by atoms with Crippen LogP contribution in [0.3, 0.4) is 0 Å². The molecule has 0 aromatic heterocycles. The van der Waals surface area contributed by atoms with Gasteiger partial charge in [-0.3, -0.25) is 0 Å². The summed E-state index contributed by atoms with van der Waals surface area (Å²) < 4.78 is 12.7. The van der Waals surface area contributed by atoms with Crippen molar-refractivity contribution in [2.24, 2.45) is 0 Å². The van der Waals surface area contributed by atoms with E-state index in [1.807, 2.05) is 23.9 Å². The Labute approximate surface area is 108 Å². The second-order valence-corrected chi connectivity index (χ2v) is 5.37. The van der Waals surface area contributed by atoms with Crippen LogP contribution in [0.1, 0.15) is 25.3 Å². The second kappa shape index (κ2) is 8.54. The van der Waals surface area contributed by atoms with Crippen LogP contribution in [-0.4, -0.2) is 24.6 Å². The Morgan fingerprint density at radius 2 is 1.94 bits per heavy atom. The highest BCUT2D eigenvalue weighted by Crippen LogP contribution is 2.06. The van der Waals surface area contributed by atoms with Gasteiger partial charge in [-0.25, -0.2) is 4.39 Å². The lowest BCUT2D eigenvalue weighted by Gasteiger charge is -2.13. The summed E-state index contributed by atoms with van der Waals surface area (Å²) in [7, 11) is 0. The summed E-state index contributed by atoms with van der Waals surface area (Å²) in [5, 5.41) is 3.50. The van der Waals surface area contributed by atoms with Gasteiger partial charge in [0.1, 0.15) is 5.82 Å². The summed E-state index contributed by atoms with van der Waals surface area (Å²) in [5.74, 6) is 1.08. The molecule has 0 saturated heterocycles. The largest absolute Gasteiger partial charge is 0.314 e. The molecule has 0 heterocycles. The van der Waals surface area contributed by atoms with Crippen LogP contribution in [0.2, 0.25) is 0 Å².